The van der Waals surface area contributed by atoms with Gasteiger partial charge in [-0.1, -0.05) is 18.2 Å². The monoisotopic (exact) mass is 381 g/mol. The summed E-state index contributed by atoms with van der Waals surface area (Å²) in [6, 6.07) is 14.1. The van der Waals surface area contributed by atoms with Crippen molar-refractivity contribution >= 4 is 0 Å². The van der Waals surface area contributed by atoms with Crippen LogP contribution in [0.3, 0.4) is 0 Å². The van der Waals surface area contributed by atoms with Gasteiger partial charge < -0.3 is 19.5 Å². The largest absolute Gasteiger partial charge is 0.493 e. The third-order valence-electron chi connectivity index (χ3n) is 4.80. The smallest absolute Gasteiger partial charge is 0.203 e. The lowest BCUT2D eigenvalue weighted by Crippen LogP contribution is -2.14. The second kappa shape index (κ2) is 8.80. The topological polar surface area (TPSA) is 57.5 Å². The van der Waals surface area contributed by atoms with Gasteiger partial charge in [-0.25, -0.2) is 4.68 Å². The molecule has 148 valence electrons. The third kappa shape index (κ3) is 3.97. The van der Waals surface area contributed by atoms with Gasteiger partial charge in [-0.3, -0.25) is 0 Å². The Morgan fingerprint density at radius 2 is 1.54 bits per heavy atom. The Balaban J connectivity index is 1.75. The normalized spacial score (nSPS) is 10.8. The lowest BCUT2D eigenvalue weighted by atomic mass is 10.1. The first-order valence-electron chi connectivity index (χ1n) is 9.19. The van der Waals surface area contributed by atoms with Crippen molar-refractivity contribution in [2.45, 2.75) is 26.9 Å². The van der Waals surface area contributed by atoms with E-state index in [1.54, 1.807) is 21.3 Å². The number of methoxy groups -OCH3 is 3. The average molecular weight is 381 g/mol. The number of hydrogen-bond donors (Lipinski definition) is 1. The van der Waals surface area contributed by atoms with Crippen molar-refractivity contribution in [1.82, 2.24) is 15.1 Å². The highest BCUT2D eigenvalue weighted by Gasteiger charge is 2.15. The quantitative estimate of drug-likeness (QED) is 0.643. The fourth-order valence-corrected chi connectivity index (χ4v) is 3.32. The van der Waals surface area contributed by atoms with Crippen molar-refractivity contribution in [1.29, 1.82) is 0 Å². The zero-order valence-electron chi connectivity index (χ0n) is 17.1. The molecule has 0 saturated heterocycles. The van der Waals surface area contributed by atoms with E-state index in [1.807, 2.05) is 41.9 Å². The van der Waals surface area contributed by atoms with Gasteiger partial charge in [0.15, 0.2) is 11.5 Å². The predicted molar refractivity (Wildman–Crippen MR) is 110 cm³/mol. The summed E-state index contributed by atoms with van der Waals surface area (Å²) in [6.45, 7) is 5.54. The Hall–Kier alpha value is -2.99. The fourth-order valence-electron chi connectivity index (χ4n) is 3.32. The molecule has 1 heterocycles. The summed E-state index contributed by atoms with van der Waals surface area (Å²) in [5, 5.41) is 8.20. The number of aryl methyl sites for hydroxylation is 1. The van der Waals surface area contributed by atoms with Gasteiger partial charge in [-0.05, 0) is 43.7 Å². The standard InChI is InChI=1S/C22H27N3O3/c1-15-19(16(2)25(24-15)18-9-7-6-8-10-18)14-23-13-17-11-20(26-3)22(28-5)21(12-17)27-4/h6-12,23H,13-14H2,1-5H3. The number of benzene rings is 2. The summed E-state index contributed by atoms with van der Waals surface area (Å²) in [5.74, 6) is 1.91. The Bertz CT molecular complexity index is 911. The van der Waals surface area contributed by atoms with Crippen LogP contribution in [0.15, 0.2) is 42.5 Å². The van der Waals surface area contributed by atoms with Crippen LogP contribution in [0.25, 0.3) is 5.69 Å². The molecule has 0 spiro atoms. The average Bonchev–Trinajstić information content (AvgIpc) is 3.01. The van der Waals surface area contributed by atoms with Gasteiger partial charge in [0.2, 0.25) is 5.75 Å². The Labute approximate surface area is 166 Å². The molecule has 1 N–H and O–H groups in total. The molecule has 0 aliphatic heterocycles. The van der Waals surface area contributed by atoms with E-state index < -0.39 is 0 Å². The highest BCUT2D eigenvalue weighted by molar-refractivity contribution is 5.53. The van der Waals surface area contributed by atoms with Crippen LogP contribution in [0.2, 0.25) is 0 Å². The molecule has 2 aromatic carbocycles. The van der Waals surface area contributed by atoms with Gasteiger partial charge in [0, 0.05) is 24.3 Å². The third-order valence-corrected chi connectivity index (χ3v) is 4.80. The molecule has 1 aromatic heterocycles. The first-order valence-corrected chi connectivity index (χ1v) is 9.19. The number of nitrogens with one attached hydrogen (secondary N) is 1. The molecule has 0 saturated carbocycles. The van der Waals surface area contributed by atoms with Crippen molar-refractivity contribution in [3.05, 3.63) is 65.0 Å². The molecule has 0 radical (unpaired) electrons. The first kappa shape index (κ1) is 19.8. The van der Waals surface area contributed by atoms with E-state index >= 15 is 0 Å². The molecule has 0 fully saturated rings. The molecule has 6 heteroatoms. The number of rotatable bonds is 8. The molecule has 3 rings (SSSR count). The van der Waals surface area contributed by atoms with Gasteiger partial charge in [0.05, 0.1) is 32.7 Å². The van der Waals surface area contributed by atoms with Crippen molar-refractivity contribution in [3.8, 4) is 22.9 Å². The maximum atomic E-state index is 5.43. The van der Waals surface area contributed by atoms with Gasteiger partial charge in [0.1, 0.15) is 0 Å². The zero-order valence-corrected chi connectivity index (χ0v) is 17.1. The molecular formula is C22H27N3O3. The maximum absolute atomic E-state index is 5.43. The fraction of sp³-hybridized carbons (Fsp3) is 0.318. The lowest BCUT2D eigenvalue weighted by Gasteiger charge is -2.14. The maximum Gasteiger partial charge on any atom is 0.203 e. The number of para-hydroxylation sites is 1. The molecule has 0 bridgehead atoms. The van der Waals surface area contributed by atoms with Gasteiger partial charge in [0.25, 0.3) is 0 Å². The van der Waals surface area contributed by atoms with Crippen LogP contribution in [0.5, 0.6) is 17.2 Å². The Morgan fingerprint density at radius 3 is 2.11 bits per heavy atom. The highest BCUT2D eigenvalue weighted by atomic mass is 16.5. The zero-order chi connectivity index (χ0) is 20.1. The van der Waals surface area contributed by atoms with Crippen LogP contribution in [-0.2, 0) is 13.1 Å². The molecule has 0 atom stereocenters. The van der Waals surface area contributed by atoms with Crippen molar-refractivity contribution < 1.29 is 14.2 Å². The first-order chi connectivity index (χ1) is 13.6. The van der Waals surface area contributed by atoms with E-state index in [4.69, 9.17) is 19.3 Å². The SMILES string of the molecule is COc1cc(CNCc2c(C)nn(-c3ccccc3)c2C)cc(OC)c1OC. The number of hydrogen-bond acceptors (Lipinski definition) is 5. The van der Waals surface area contributed by atoms with Gasteiger partial charge >= 0.3 is 0 Å². The number of aromatic nitrogens is 2. The summed E-state index contributed by atoms with van der Waals surface area (Å²) >= 11 is 0. The van der Waals surface area contributed by atoms with Crippen LogP contribution in [0.4, 0.5) is 0 Å². The summed E-state index contributed by atoms with van der Waals surface area (Å²) in [7, 11) is 4.85. The van der Waals surface area contributed by atoms with Crippen LogP contribution in [-0.4, -0.2) is 31.1 Å². The van der Waals surface area contributed by atoms with Crippen LogP contribution >= 0.6 is 0 Å². The van der Waals surface area contributed by atoms with Crippen molar-refractivity contribution in [3.63, 3.8) is 0 Å². The second-order valence-electron chi connectivity index (χ2n) is 6.53. The summed E-state index contributed by atoms with van der Waals surface area (Å²) < 4.78 is 18.2. The summed E-state index contributed by atoms with van der Waals surface area (Å²) in [4.78, 5) is 0. The van der Waals surface area contributed by atoms with Crippen LogP contribution in [0.1, 0.15) is 22.5 Å². The molecule has 0 amide bonds. The van der Waals surface area contributed by atoms with Crippen LogP contribution < -0.4 is 19.5 Å². The summed E-state index contributed by atoms with van der Waals surface area (Å²) in [6.07, 6.45) is 0. The molecule has 0 unspecified atom stereocenters. The molecular weight excluding hydrogens is 354 g/mol. The van der Waals surface area contributed by atoms with E-state index in [0.29, 0.717) is 23.8 Å². The molecule has 28 heavy (non-hydrogen) atoms. The predicted octanol–water partition coefficient (Wildman–Crippen LogP) is 3.80. The lowest BCUT2D eigenvalue weighted by molar-refractivity contribution is 0.323. The van der Waals surface area contributed by atoms with Crippen molar-refractivity contribution in [2.24, 2.45) is 0 Å². The minimum atomic E-state index is 0.601. The second-order valence-corrected chi connectivity index (χ2v) is 6.53. The van der Waals surface area contributed by atoms with Gasteiger partial charge in [-0.15, -0.1) is 0 Å². The summed E-state index contributed by atoms with van der Waals surface area (Å²) in [5.41, 5.74) is 5.50. The molecule has 6 nitrogen and oxygen atoms in total. The van der Waals surface area contributed by atoms with E-state index in [9.17, 15) is 0 Å². The van der Waals surface area contributed by atoms with E-state index in [1.165, 1.54) is 5.56 Å². The highest BCUT2D eigenvalue weighted by Crippen LogP contribution is 2.38. The Morgan fingerprint density at radius 1 is 0.893 bits per heavy atom. The minimum Gasteiger partial charge on any atom is -0.493 e. The number of ether oxygens (including phenoxy) is 3. The van der Waals surface area contributed by atoms with E-state index in [-0.39, 0.29) is 0 Å². The minimum absolute atomic E-state index is 0.601. The van der Waals surface area contributed by atoms with Crippen molar-refractivity contribution in [2.75, 3.05) is 21.3 Å². The van der Waals surface area contributed by atoms with Crippen LogP contribution in [0, 0.1) is 13.8 Å². The molecule has 0 aliphatic rings. The molecule has 0 aliphatic carbocycles. The molecule has 3 aromatic rings. The Kier molecular flexibility index (Phi) is 6.21. The van der Waals surface area contributed by atoms with E-state index in [0.717, 1.165) is 29.2 Å². The van der Waals surface area contributed by atoms with Gasteiger partial charge in [-0.2, -0.15) is 5.10 Å². The van der Waals surface area contributed by atoms with E-state index in [2.05, 4.69) is 24.4 Å². The number of nitrogens with zero attached hydrogens (tertiary/aromatic N) is 2.